The summed E-state index contributed by atoms with van der Waals surface area (Å²) in [5.41, 5.74) is 0. The molecular formula is C6H10O. The van der Waals surface area contributed by atoms with E-state index >= 15 is 0 Å². The Bertz CT molecular complexity index is 76.2. The highest BCUT2D eigenvalue weighted by Gasteiger charge is 2.07. The van der Waals surface area contributed by atoms with Crippen molar-refractivity contribution in [2.75, 3.05) is 13.7 Å². The van der Waals surface area contributed by atoms with Gasteiger partial charge in [0.2, 0.25) is 0 Å². The summed E-state index contributed by atoms with van der Waals surface area (Å²) in [7, 11) is 1.74. The Morgan fingerprint density at radius 1 is 1.86 bits per heavy atom. The van der Waals surface area contributed by atoms with E-state index in [1.54, 1.807) is 7.11 Å². The number of hydrogen-bond acceptors (Lipinski definition) is 1. The smallest absolute Gasteiger partial charge is 0.0527 e. The van der Waals surface area contributed by atoms with Crippen molar-refractivity contribution in [1.82, 2.24) is 0 Å². The fraction of sp³-hybridized carbons (Fsp3) is 0.667. The third kappa shape index (κ3) is 1.03. The largest absolute Gasteiger partial charge is 0.384 e. The van der Waals surface area contributed by atoms with E-state index in [9.17, 15) is 0 Å². The minimum Gasteiger partial charge on any atom is -0.384 e. The van der Waals surface area contributed by atoms with Gasteiger partial charge in [-0.15, -0.1) is 0 Å². The molecule has 0 aliphatic heterocycles. The summed E-state index contributed by atoms with van der Waals surface area (Å²) in [5.74, 6) is 0.727. The summed E-state index contributed by atoms with van der Waals surface area (Å²) in [6.07, 6.45) is 5.57. The zero-order valence-electron chi connectivity index (χ0n) is 4.55. The fourth-order valence-corrected chi connectivity index (χ4v) is 0.666. The Kier molecular flexibility index (Phi) is 1.47. The standard InChI is InChI=1S/C6H10O/c1-7-5-6-3-2-4-6/h2-3,6H,4-5H2,1H3. The van der Waals surface area contributed by atoms with E-state index in [2.05, 4.69) is 12.2 Å². The van der Waals surface area contributed by atoms with Gasteiger partial charge in [-0.3, -0.25) is 0 Å². The van der Waals surface area contributed by atoms with Crippen LogP contribution in [0.2, 0.25) is 0 Å². The normalized spacial score (nSPS) is 27.3. The topological polar surface area (TPSA) is 9.23 Å². The first-order valence-corrected chi connectivity index (χ1v) is 2.59. The highest BCUT2D eigenvalue weighted by molar-refractivity contribution is 5.01. The molecule has 40 valence electrons. The van der Waals surface area contributed by atoms with Gasteiger partial charge in [-0.1, -0.05) is 12.2 Å². The molecule has 0 saturated carbocycles. The maximum absolute atomic E-state index is 4.89. The molecule has 1 aliphatic carbocycles. The number of rotatable bonds is 2. The van der Waals surface area contributed by atoms with Crippen molar-refractivity contribution in [1.29, 1.82) is 0 Å². The number of hydrogen-bond donors (Lipinski definition) is 0. The van der Waals surface area contributed by atoms with Gasteiger partial charge in [0.15, 0.2) is 0 Å². The first-order chi connectivity index (χ1) is 3.43. The highest BCUT2D eigenvalue weighted by atomic mass is 16.5. The van der Waals surface area contributed by atoms with Gasteiger partial charge in [-0.2, -0.15) is 0 Å². The van der Waals surface area contributed by atoms with Crippen molar-refractivity contribution in [3.8, 4) is 0 Å². The molecule has 0 saturated heterocycles. The first-order valence-electron chi connectivity index (χ1n) is 2.59. The Balaban J connectivity index is 2.06. The first kappa shape index (κ1) is 4.85. The molecule has 1 heteroatoms. The van der Waals surface area contributed by atoms with Gasteiger partial charge in [-0.25, -0.2) is 0 Å². The van der Waals surface area contributed by atoms with Crippen molar-refractivity contribution in [2.45, 2.75) is 6.42 Å². The van der Waals surface area contributed by atoms with Crippen molar-refractivity contribution < 1.29 is 4.74 Å². The van der Waals surface area contributed by atoms with E-state index in [0.29, 0.717) is 0 Å². The molecule has 0 amide bonds. The molecule has 1 atom stereocenters. The SMILES string of the molecule is COCC1C=CC1. The molecular weight excluding hydrogens is 88.1 g/mol. The lowest BCUT2D eigenvalue weighted by atomic mass is 9.97. The third-order valence-corrected chi connectivity index (χ3v) is 1.23. The van der Waals surface area contributed by atoms with Crippen molar-refractivity contribution in [2.24, 2.45) is 5.92 Å². The van der Waals surface area contributed by atoms with Crippen LogP contribution in [0, 0.1) is 5.92 Å². The maximum atomic E-state index is 4.89. The number of ether oxygens (including phenoxy) is 1. The van der Waals surface area contributed by atoms with Crippen LogP contribution in [0.5, 0.6) is 0 Å². The quantitative estimate of drug-likeness (QED) is 0.472. The van der Waals surface area contributed by atoms with Crippen LogP contribution in [0.4, 0.5) is 0 Å². The molecule has 0 aromatic heterocycles. The number of allylic oxidation sites excluding steroid dienone is 1. The molecule has 0 aromatic carbocycles. The molecule has 7 heavy (non-hydrogen) atoms. The molecule has 0 radical (unpaired) electrons. The van der Waals surface area contributed by atoms with E-state index in [4.69, 9.17) is 4.74 Å². The average Bonchev–Trinajstić information content (AvgIpc) is 1.55. The molecule has 1 rings (SSSR count). The Morgan fingerprint density at radius 2 is 2.57 bits per heavy atom. The monoisotopic (exact) mass is 98.1 g/mol. The molecule has 0 bridgehead atoms. The average molecular weight is 98.1 g/mol. The van der Waals surface area contributed by atoms with E-state index in [-0.39, 0.29) is 0 Å². The second-order valence-corrected chi connectivity index (χ2v) is 1.88. The minimum atomic E-state index is 0.727. The van der Waals surface area contributed by atoms with Gasteiger partial charge in [-0.05, 0) is 6.42 Å². The minimum absolute atomic E-state index is 0.727. The van der Waals surface area contributed by atoms with Crippen LogP contribution in [0.15, 0.2) is 12.2 Å². The Hall–Kier alpha value is -0.300. The number of methoxy groups -OCH3 is 1. The molecule has 0 fully saturated rings. The van der Waals surface area contributed by atoms with Crippen LogP contribution in [-0.2, 0) is 4.74 Å². The van der Waals surface area contributed by atoms with Gasteiger partial charge in [0.05, 0.1) is 6.61 Å². The molecule has 0 heterocycles. The summed E-state index contributed by atoms with van der Waals surface area (Å²) in [6, 6.07) is 0. The lowest BCUT2D eigenvalue weighted by Crippen LogP contribution is -2.09. The van der Waals surface area contributed by atoms with E-state index < -0.39 is 0 Å². The maximum Gasteiger partial charge on any atom is 0.0527 e. The Morgan fingerprint density at radius 3 is 2.71 bits per heavy atom. The van der Waals surface area contributed by atoms with E-state index in [1.165, 1.54) is 6.42 Å². The Labute approximate surface area is 44.0 Å². The second kappa shape index (κ2) is 2.12. The molecule has 1 nitrogen and oxygen atoms in total. The summed E-state index contributed by atoms with van der Waals surface area (Å²) in [5, 5.41) is 0. The van der Waals surface area contributed by atoms with Crippen LogP contribution in [0.1, 0.15) is 6.42 Å². The van der Waals surface area contributed by atoms with Crippen molar-refractivity contribution in [3.63, 3.8) is 0 Å². The van der Waals surface area contributed by atoms with Gasteiger partial charge in [0.1, 0.15) is 0 Å². The van der Waals surface area contributed by atoms with Gasteiger partial charge >= 0.3 is 0 Å². The molecule has 1 aliphatic rings. The zero-order chi connectivity index (χ0) is 5.11. The lowest BCUT2D eigenvalue weighted by molar-refractivity contribution is 0.165. The van der Waals surface area contributed by atoms with Gasteiger partial charge in [0, 0.05) is 13.0 Å². The summed E-state index contributed by atoms with van der Waals surface area (Å²) in [4.78, 5) is 0. The highest BCUT2D eigenvalue weighted by Crippen LogP contribution is 2.15. The predicted molar refractivity (Wildman–Crippen MR) is 29.1 cm³/mol. The fourth-order valence-electron chi connectivity index (χ4n) is 0.666. The lowest BCUT2D eigenvalue weighted by Gasteiger charge is -2.14. The second-order valence-electron chi connectivity index (χ2n) is 1.88. The van der Waals surface area contributed by atoms with Crippen LogP contribution < -0.4 is 0 Å². The summed E-state index contributed by atoms with van der Waals surface area (Å²) in [6.45, 7) is 0.899. The van der Waals surface area contributed by atoms with E-state index in [0.717, 1.165) is 12.5 Å². The van der Waals surface area contributed by atoms with Gasteiger partial charge < -0.3 is 4.74 Å². The van der Waals surface area contributed by atoms with E-state index in [1.807, 2.05) is 0 Å². The van der Waals surface area contributed by atoms with Crippen LogP contribution in [0.25, 0.3) is 0 Å². The molecule has 0 spiro atoms. The van der Waals surface area contributed by atoms with Crippen LogP contribution in [0.3, 0.4) is 0 Å². The molecule has 0 aromatic rings. The van der Waals surface area contributed by atoms with Crippen molar-refractivity contribution >= 4 is 0 Å². The third-order valence-electron chi connectivity index (χ3n) is 1.23. The molecule has 1 unspecified atom stereocenters. The van der Waals surface area contributed by atoms with Crippen molar-refractivity contribution in [3.05, 3.63) is 12.2 Å². The summed E-state index contributed by atoms with van der Waals surface area (Å²) >= 11 is 0. The predicted octanol–water partition coefficient (Wildman–Crippen LogP) is 1.21. The van der Waals surface area contributed by atoms with Crippen LogP contribution >= 0.6 is 0 Å². The summed E-state index contributed by atoms with van der Waals surface area (Å²) < 4.78 is 4.89. The molecule has 0 N–H and O–H groups in total. The van der Waals surface area contributed by atoms with Gasteiger partial charge in [0.25, 0.3) is 0 Å². The van der Waals surface area contributed by atoms with Crippen LogP contribution in [-0.4, -0.2) is 13.7 Å². The zero-order valence-corrected chi connectivity index (χ0v) is 4.55.